The fourth-order valence-electron chi connectivity index (χ4n) is 1.50. The summed E-state index contributed by atoms with van der Waals surface area (Å²) in [7, 11) is 3.20. The lowest BCUT2D eigenvalue weighted by Crippen LogP contribution is -1.83. The molecule has 76 valence electrons. The van der Waals surface area contributed by atoms with Crippen molar-refractivity contribution in [2.75, 3.05) is 0 Å². The fraction of sp³-hybridized carbons (Fsp3) is 0.500. The van der Waals surface area contributed by atoms with Crippen LogP contribution in [0.1, 0.15) is 37.3 Å². The summed E-state index contributed by atoms with van der Waals surface area (Å²) in [6.45, 7) is 6.11. The van der Waals surface area contributed by atoms with Crippen LogP contribution in [0.15, 0.2) is 29.0 Å². The largest absolute Gasteiger partial charge is 0.268 e. The van der Waals surface area contributed by atoms with Crippen LogP contribution < -0.4 is 0 Å². The van der Waals surface area contributed by atoms with E-state index in [-0.39, 0.29) is 0 Å². The smallest absolute Gasteiger partial charge is 0.0615 e. The summed E-state index contributed by atoms with van der Waals surface area (Å²) in [6.07, 6.45) is 1.20. The van der Waals surface area contributed by atoms with Crippen LogP contribution in [0.2, 0.25) is 0 Å². The van der Waals surface area contributed by atoms with E-state index in [9.17, 15) is 0 Å². The van der Waals surface area contributed by atoms with Crippen molar-refractivity contribution in [2.45, 2.75) is 39.2 Å². The molecule has 14 heavy (non-hydrogen) atoms. The molecule has 1 aliphatic carbocycles. The number of hydrogen-bond acceptors (Lipinski definition) is 1. The van der Waals surface area contributed by atoms with Gasteiger partial charge in [-0.25, -0.2) is 0 Å². The average Bonchev–Trinajstić information content (AvgIpc) is 3.01. The van der Waals surface area contributed by atoms with Crippen LogP contribution in [0.3, 0.4) is 0 Å². The number of benzene rings is 1. The van der Waals surface area contributed by atoms with E-state index < -0.39 is 0 Å². The molecule has 1 saturated carbocycles. The van der Waals surface area contributed by atoms with Gasteiger partial charge in [0.1, 0.15) is 0 Å². The molecule has 1 nitrogen and oxygen atoms in total. The van der Waals surface area contributed by atoms with Crippen LogP contribution in [0.5, 0.6) is 0 Å². The van der Waals surface area contributed by atoms with E-state index in [0.29, 0.717) is 12.0 Å². The Hall–Kier alpha value is -0.680. The highest BCUT2D eigenvalue weighted by molar-refractivity contribution is 7.04. The standard InChI is InChI=1S/C10H12NP.C2H6/c1-7-2-4-8(5-3-7)9-6-10(9)11-12;1-2/h2-5,9-10,12H,6H2,1H3;1-2H3. The molecule has 1 fully saturated rings. The third-order valence-corrected chi connectivity index (χ3v) is 2.76. The van der Waals surface area contributed by atoms with Crippen molar-refractivity contribution in [3.05, 3.63) is 35.4 Å². The van der Waals surface area contributed by atoms with Gasteiger partial charge >= 0.3 is 0 Å². The first-order valence-corrected chi connectivity index (χ1v) is 5.69. The maximum atomic E-state index is 4.09. The van der Waals surface area contributed by atoms with E-state index in [1.165, 1.54) is 17.5 Å². The molecule has 1 aromatic carbocycles. The van der Waals surface area contributed by atoms with Crippen molar-refractivity contribution in [2.24, 2.45) is 4.74 Å². The molecule has 0 radical (unpaired) electrons. The first kappa shape index (κ1) is 11.4. The van der Waals surface area contributed by atoms with Crippen molar-refractivity contribution < 1.29 is 0 Å². The molecule has 0 bridgehead atoms. The minimum absolute atomic E-state index is 0.518. The predicted octanol–water partition coefficient (Wildman–Crippen LogP) is 4.20. The van der Waals surface area contributed by atoms with Gasteiger partial charge in [0.15, 0.2) is 0 Å². The molecular weight excluding hydrogens is 189 g/mol. The van der Waals surface area contributed by atoms with Gasteiger partial charge in [-0.1, -0.05) is 43.7 Å². The molecule has 0 heterocycles. The van der Waals surface area contributed by atoms with Gasteiger partial charge in [-0.15, -0.1) is 0 Å². The minimum atomic E-state index is 0.518. The summed E-state index contributed by atoms with van der Waals surface area (Å²) in [5.41, 5.74) is 2.75. The van der Waals surface area contributed by atoms with Gasteiger partial charge in [0, 0.05) is 5.92 Å². The van der Waals surface area contributed by atoms with Crippen LogP contribution in [-0.4, -0.2) is 6.04 Å². The number of rotatable bonds is 2. The summed E-state index contributed by atoms with van der Waals surface area (Å²) < 4.78 is 4.09. The fourth-order valence-corrected chi connectivity index (χ4v) is 1.78. The Kier molecular flexibility index (Phi) is 4.28. The first-order chi connectivity index (χ1) is 6.81. The van der Waals surface area contributed by atoms with Gasteiger partial charge in [0.25, 0.3) is 0 Å². The monoisotopic (exact) mass is 207 g/mol. The zero-order valence-electron chi connectivity index (χ0n) is 9.12. The van der Waals surface area contributed by atoms with Gasteiger partial charge in [-0.2, -0.15) is 0 Å². The lowest BCUT2D eigenvalue weighted by molar-refractivity contribution is 1.01. The van der Waals surface area contributed by atoms with Crippen molar-refractivity contribution in [3.63, 3.8) is 0 Å². The Morgan fingerprint density at radius 3 is 2.21 bits per heavy atom. The second-order valence-electron chi connectivity index (χ2n) is 3.45. The zero-order valence-corrected chi connectivity index (χ0v) is 10.1. The maximum absolute atomic E-state index is 4.09. The molecule has 0 aliphatic heterocycles. The van der Waals surface area contributed by atoms with E-state index in [1.54, 1.807) is 0 Å². The lowest BCUT2D eigenvalue weighted by Gasteiger charge is -1.97. The Labute approximate surface area is 88.9 Å². The molecule has 0 spiro atoms. The molecule has 0 N–H and O–H groups in total. The van der Waals surface area contributed by atoms with E-state index in [0.717, 1.165) is 0 Å². The highest BCUT2D eigenvalue weighted by Crippen LogP contribution is 2.43. The van der Waals surface area contributed by atoms with Crippen molar-refractivity contribution in [1.82, 2.24) is 0 Å². The third kappa shape index (κ3) is 2.65. The van der Waals surface area contributed by atoms with E-state index in [2.05, 4.69) is 45.0 Å². The first-order valence-electron chi connectivity index (χ1n) is 5.24. The van der Waals surface area contributed by atoms with E-state index in [4.69, 9.17) is 0 Å². The number of aryl methyl sites for hydroxylation is 1. The summed E-state index contributed by atoms with van der Waals surface area (Å²) in [4.78, 5) is 0. The second kappa shape index (κ2) is 5.26. The quantitative estimate of drug-likeness (QED) is 0.644. The van der Waals surface area contributed by atoms with Gasteiger partial charge in [-0.3, -0.25) is 4.74 Å². The molecule has 2 unspecified atom stereocenters. The molecule has 2 rings (SSSR count). The minimum Gasteiger partial charge on any atom is -0.268 e. The zero-order chi connectivity index (χ0) is 10.6. The van der Waals surface area contributed by atoms with Gasteiger partial charge in [-0.05, 0) is 27.9 Å². The topological polar surface area (TPSA) is 12.4 Å². The van der Waals surface area contributed by atoms with Gasteiger partial charge in [0.05, 0.1) is 6.04 Å². The summed E-state index contributed by atoms with van der Waals surface area (Å²) >= 11 is 0. The Morgan fingerprint density at radius 2 is 1.79 bits per heavy atom. The highest BCUT2D eigenvalue weighted by Gasteiger charge is 2.37. The summed E-state index contributed by atoms with van der Waals surface area (Å²) in [5.74, 6) is 0.670. The van der Waals surface area contributed by atoms with Crippen LogP contribution in [0.4, 0.5) is 0 Å². The molecule has 0 saturated heterocycles. The Balaban J connectivity index is 0.000000461. The maximum Gasteiger partial charge on any atom is 0.0615 e. The molecular formula is C12H18NP. The van der Waals surface area contributed by atoms with Crippen molar-refractivity contribution >= 4 is 9.03 Å². The molecule has 2 atom stereocenters. The average molecular weight is 207 g/mol. The van der Waals surface area contributed by atoms with Crippen molar-refractivity contribution in [1.29, 1.82) is 0 Å². The summed E-state index contributed by atoms with van der Waals surface area (Å²) in [6, 6.07) is 9.26. The van der Waals surface area contributed by atoms with Gasteiger partial charge < -0.3 is 0 Å². The second-order valence-corrected chi connectivity index (χ2v) is 3.71. The molecule has 0 amide bonds. The van der Waals surface area contributed by atoms with Crippen LogP contribution in [0.25, 0.3) is 0 Å². The molecule has 1 aromatic rings. The van der Waals surface area contributed by atoms with Crippen LogP contribution in [-0.2, 0) is 0 Å². The number of hydrogen-bond donors (Lipinski definition) is 0. The summed E-state index contributed by atoms with van der Waals surface area (Å²) in [5, 5.41) is 0. The SMILES string of the molecule is CC.Cc1ccc(C2CC2N=P)cc1. The molecule has 1 aliphatic rings. The van der Waals surface area contributed by atoms with Crippen molar-refractivity contribution in [3.8, 4) is 0 Å². The Morgan fingerprint density at radius 1 is 1.21 bits per heavy atom. The van der Waals surface area contributed by atoms with Gasteiger partial charge in [0.2, 0.25) is 0 Å². The lowest BCUT2D eigenvalue weighted by atomic mass is 10.1. The van der Waals surface area contributed by atoms with E-state index in [1.807, 2.05) is 13.8 Å². The molecule has 0 aromatic heterocycles. The highest BCUT2D eigenvalue weighted by atomic mass is 31.0. The molecule has 2 heteroatoms. The predicted molar refractivity (Wildman–Crippen MR) is 64.4 cm³/mol. The normalized spacial score (nSPS) is 23.4. The van der Waals surface area contributed by atoms with Crippen LogP contribution >= 0.6 is 9.03 Å². The number of nitrogens with zero attached hydrogens (tertiary/aromatic N) is 1. The third-order valence-electron chi connectivity index (χ3n) is 2.43. The van der Waals surface area contributed by atoms with E-state index >= 15 is 0 Å². The van der Waals surface area contributed by atoms with Crippen LogP contribution in [0, 0.1) is 6.92 Å². The Bertz CT molecular complexity index is 292.